The number of hydrogen-bond acceptors (Lipinski definition) is 2. The van der Waals surface area contributed by atoms with Gasteiger partial charge in [-0.25, -0.2) is 0 Å². The number of hydroxylamine groups is 1. The molecule has 0 radical (unpaired) electrons. The highest BCUT2D eigenvalue weighted by Crippen LogP contribution is 2.15. The standard InChI is InChI=1S/C18H37NO/c1-4-7-9-11-13-15-18(20-19-17-6-3)16-14-12-10-8-5-2/h6,18-19H,3-5,7-17H2,1-2H3. The number of unbranched alkanes of at least 4 members (excludes halogenated alkanes) is 8. The molecule has 0 aromatic heterocycles. The predicted molar refractivity (Wildman–Crippen MR) is 89.8 cm³/mol. The second kappa shape index (κ2) is 16.7. The Morgan fingerprint density at radius 1 is 0.850 bits per heavy atom. The summed E-state index contributed by atoms with van der Waals surface area (Å²) in [5, 5.41) is 0. The first-order valence-electron chi connectivity index (χ1n) is 8.84. The molecule has 0 fully saturated rings. The van der Waals surface area contributed by atoms with Gasteiger partial charge in [-0.3, -0.25) is 4.84 Å². The SMILES string of the molecule is C=CCNOC(CCCCCCC)CCCCCCC. The molecular formula is C18H37NO. The molecule has 0 aliphatic heterocycles. The second-order valence-electron chi connectivity index (χ2n) is 5.78. The molecule has 0 rings (SSSR count). The number of rotatable bonds is 16. The molecule has 20 heavy (non-hydrogen) atoms. The van der Waals surface area contributed by atoms with Crippen LogP contribution in [-0.2, 0) is 4.84 Å². The largest absolute Gasteiger partial charge is 0.298 e. The lowest BCUT2D eigenvalue weighted by Crippen LogP contribution is -2.24. The van der Waals surface area contributed by atoms with Crippen LogP contribution in [0.15, 0.2) is 12.7 Å². The zero-order valence-corrected chi connectivity index (χ0v) is 14.0. The van der Waals surface area contributed by atoms with E-state index in [-0.39, 0.29) is 0 Å². The van der Waals surface area contributed by atoms with Crippen LogP contribution in [0.3, 0.4) is 0 Å². The van der Waals surface area contributed by atoms with Crippen LogP contribution in [0.5, 0.6) is 0 Å². The quantitative estimate of drug-likeness (QED) is 0.220. The summed E-state index contributed by atoms with van der Waals surface area (Å²) in [4.78, 5) is 5.77. The highest BCUT2D eigenvalue weighted by Gasteiger charge is 2.08. The monoisotopic (exact) mass is 283 g/mol. The van der Waals surface area contributed by atoms with Gasteiger partial charge in [0.1, 0.15) is 0 Å². The molecule has 0 aromatic rings. The molecule has 0 unspecified atom stereocenters. The van der Waals surface area contributed by atoms with Gasteiger partial charge < -0.3 is 0 Å². The maximum Gasteiger partial charge on any atom is 0.0790 e. The molecule has 0 aliphatic carbocycles. The Morgan fingerprint density at radius 3 is 1.80 bits per heavy atom. The Kier molecular flexibility index (Phi) is 16.4. The van der Waals surface area contributed by atoms with Crippen molar-refractivity contribution in [2.75, 3.05) is 6.54 Å². The minimum Gasteiger partial charge on any atom is -0.298 e. The van der Waals surface area contributed by atoms with Crippen molar-refractivity contribution in [3.8, 4) is 0 Å². The summed E-state index contributed by atoms with van der Waals surface area (Å²) < 4.78 is 0. The molecular weight excluding hydrogens is 246 g/mol. The second-order valence-corrected chi connectivity index (χ2v) is 5.78. The Labute approximate surface area is 127 Å². The predicted octanol–water partition coefficient (Wildman–Crippen LogP) is 5.78. The van der Waals surface area contributed by atoms with Crippen molar-refractivity contribution in [3.05, 3.63) is 12.7 Å². The van der Waals surface area contributed by atoms with Crippen molar-refractivity contribution < 1.29 is 4.84 Å². The minimum absolute atomic E-state index is 0.387. The Hall–Kier alpha value is -0.340. The first-order valence-corrected chi connectivity index (χ1v) is 8.84. The third-order valence-corrected chi connectivity index (χ3v) is 3.74. The first kappa shape index (κ1) is 19.7. The molecule has 0 spiro atoms. The van der Waals surface area contributed by atoms with E-state index in [9.17, 15) is 0 Å². The molecule has 0 aromatic carbocycles. The van der Waals surface area contributed by atoms with Gasteiger partial charge in [-0.1, -0.05) is 84.1 Å². The zero-order chi connectivity index (χ0) is 14.9. The van der Waals surface area contributed by atoms with Gasteiger partial charge in [-0.05, 0) is 12.8 Å². The first-order chi connectivity index (χ1) is 9.85. The number of hydrogen-bond donors (Lipinski definition) is 1. The van der Waals surface area contributed by atoms with Crippen molar-refractivity contribution in [2.24, 2.45) is 0 Å². The molecule has 0 saturated carbocycles. The van der Waals surface area contributed by atoms with Gasteiger partial charge in [0.05, 0.1) is 6.10 Å². The molecule has 0 amide bonds. The number of nitrogens with one attached hydrogen (secondary N) is 1. The molecule has 0 aliphatic rings. The van der Waals surface area contributed by atoms with Crippen molar-refractivity contribution >= 4 is 0 Å². The molecule has 1 N–H and O–H groups in total. The van der Waals surface area contributed by atoms with Crippen LogP contribution < -0.4 is 5.48 Å². The van der Waals surface area contributed by atoms with E-state index in [2.05, 4.69) is 25.9 Å². The maximum absolute atomic E-state index is 5.77. The highest BCUT2D eigenvalue weighted by atomic mass is 16.7. The van der Waals surface area contributed by atoms with E-state index >= 15 is 0 Å². The van der Waals surface area contributed by atoms with Gasteiger partial charge in [0.2, 0.25) is 0 Å². The van der Waals surface area contributed by atoms with Gasteiger partial charge in [0.25, 0.3) is 0 Å². The van der Waals surface area contributed by atoms with Crippen LogP contribution in [0.1, 0.15) is 90.9 Å². The lowest BCUT2D eigenvalue weighted by atomic mass is 10.0. The Balaban J connectivity index is 3.67. The lowest BCUT2D eigenvalue weighted by Gasteiger charge is -2.17. The summed E-state index contributed by atoms with van der Waals surface area (Å²) in [5.74, 6) is 0. The summed E-state index contributed by atoms with van der Waals surface area (Å²) in [6.45, 7) is 8.98. The molecule has 120 valence electrons. The van der Waals surface area contributed by atoms with E-state index in [1.54, 1.807) is 0 Å². The van der Waals surface area contributed by atoms with Gasteiger partial charge >= 0.3 is 0 Å². The van der Waals surface area contributed by atoms with Crippen LogP contribution in [0.4, 0.5) is 0 Å². The van der Waals surface area contributed by atoms with Crippen LogP contribution in [-0.4, -0.2) is 12.6 Å². The molecule has 0 atom stereocenters. The van der Waals surface area contributed by atoms with E-state index in [4.69, 9.17) is 4.84 Å². The summed E-state index contributed by atoms with van der Waals surface area (Å²) in [7, 11) is 0. The van der Waals surface area contributed by atoms with E-state index in [0.29, 0.717) is 6.10 Å². The van der Waals surface area contributed by atoms with E-state index < -0.39 is 0 Å². The van der Waals surface area contributed by atoms with Crippen molar-refractivity contribution in [1.29, 1.82) is 0 Å². The van der Waals surface area contributed by atoms with E-state index in [1.807, 2.05) is 6.08 Å². The average Bonchev–Trinajstić information content (AvgIpc) is 2.46. The van der Waals surface area contributed by atoms with E-state index in [1.165, 1.54) is 77.0 Å². The molecule has 0 bridgehead atoms. The molecule has 2 nitrogen and oxygen atoms in total. The third kappa shape index (κ3) is 14.1. The third-order valence-electron chi connectivity index (χ3n) is 3.74. The van der Waals surface area contributed by atoms with Gasteiger partial charge in [-0.15, -0.1) is 6.58 Å². The Morgan fingerprint density at radius 2 is 1.35 bits per heavy atom. The lowest BCUT2D eigenvalue weighted by molar-refractivity contribution is -0.0298. The average molecular weight is 283 g/mol. The minimum atomic E-state index is 0.387. The van der Waals surface area contributed by atoms with Gasteiger partial charge in [0, 0.05) is 6.54 Å². The van der Waals surface area contributed by atoms with Crippen LogP contribution in [0.2, 0.25) is 0 Å². The fourth-order valence-corrected chi connectivity index (χ4v) is 2.44. The molecule has 0 heterocycles. The summed E-state index contributed by atoms with van der Waals surface area (Å²) in [5.41, 5.74) is 3.02. The van der Waals surface area contributed by atoms with Gasteiger partial charge in [-0.2, -0.15) is 5.48 Å². The normalized spacial score (nSPS) is 11.2. The topological polar surface area (TPSA) is 21.3 Å². The van der Waals surface area contributed by atoms with Crippen molar-refractivity contribution in [3.63, 3.8) is 0 Å². The van der Waals surface area contributed by atoms with Crippen LogP contribution in [0, 0.1) is 0 Å². The zero-order valence-electron chi connectivity index (χ0n) is 14.0. The fraction of sp³-hybridized carbons (Fsp3) is 0.889. The highest BCUT2D eigenvalue weighted by molar-refractivity contribution is 4.67. The summed E-state index contributed by atoms with van der Waals surface area (Å²) in [6.07, 6.45) is 18.1. The molecule has 2 heteroatoms. The van der Waals surface area contributed by atoms with Gasteiger partial charge in [0.15, 0.2) is 0 Å². The smallest absolute Gasteiger partial charge is 0.0790 e. The summed E-state index contributed by atoms with van der Waals surface area (Å²) >= 11 is 0. The molecule has 0 saturated heterocycles. The van der Waals surface area contributed by atoms with E-state index in [0.717, 1.165) is 6.54 Å². The van der Waals surface area contributed by atoms with Crippen LogP contribution >= 0.6 is 0 Å². The van der Waals surface area contributed by atoms with Crippen LogP contribution in [0.25, 0.3) is 0 Å². The van der Waals surface area contributed by atoms with Crippen molar-refractivity contribution in [2.45, 2.75) is 97.0 Å². The fourth-order valence-electron chi connectivity index (χ4n) is 2.44. The summed E-state index contributed by atoms with van der Waals surface area (Å²) in [6, 6.07) is 0. The maximum atomic E-state index is 5.77. The van der Waals surface area contributed by atoms with Crippen molar-refractivity contribution in [1.82, 2.24) is 5.48 Å². The Bertz CT molecular complexity index is 180.